The number of carbonyl (C=O) groups is 1. The van der Waals surface area contributed by atoms with E-state index in [0.717, 1.165) is 22.3 Å². The van der Waals surface area contributed by atoms with Crippen LogP contribution in [0.25, 0.3) is 10.9 Å². The first-order chi connectivity index (χ1) is 9.04. The zero-order chi connectivity index (χ0) is 13.6. The number of rotatable bonds is 1. The van der Waals surface area contributed by atoms with Crippen molar-refractivity contribution in [3.8, 4) is 0 Å². The highest BCUT2D eigenvalue weighted by molar-refractivity contribution is 5.99. The maximum absolute atomic E-state index is 12.4. The molecule has 4 nitrogen and oxygen atoms in total. The Kier molecular flexibility index (Phi) is 2.52. The number of benzene rings is 1. The molecule has 0 aliphatic heterocycles. The number of nitrogens with one attached hydrogen (secondary N) is 1. The van der Waals surface area contributed by atoms with Crippen LogP contribution in [-0.4, -0.2) is 20.7 Å². The van der Waals surface area contributed by atoms with Gasteiger partial charge in [0.15, 0.2) is 0 Å². The van der Waals surface area contributed by atoms with Crippen LogP contribution in [0.1, 0.15) is 27.4 Å². The van der Waals surface area contributed by atoms with E-state index in [1.165, 1.54) is 10.2 Å². The van der Waals surface area contributed by atoms with E-state index < -0.39 is 0 Å². The minimum absolute atomic E-state index is 0.126. The summed E-state index contributed by atoms with van der Waals surface area (Å²) in [5.41, 5.74) is 4.40. The van der Waals surface area contributed by atoms with E-state index >= 15 is 0 Å². The molecule has 0 aliphatic rings. The van der Waals surface area contributed by atoms with Gasteiger partial charge in [0.05, 0.1) is 5.69 Å². The Hall–Kier alpha value is -2.36. The standard InChI is InChI=1S/C15H15N3O/c1-9-4-5-13-12(6-9)8-14(16-13)15(19)18-11(3)7-10(2)17-18/h4-8,16H,1-3H3. The quantitative estimate of drug-likeness (QED) is 0.724. The molecule has 0 saturated heterocycles. The van der Waals surface area contributed by atoms with Gasteiger partial charge in [-0.1, -0.05) is 11.6 Å². The smallest absolute Gasteiger partial charge is 0.294 e. The second kappa shape index (κ2) is 4.09. The Bertz CT molecular complexity index is 780. The molecule has 96 valence electrons. The van der Waals surface area contributed by atoms with Crippen LogP contribution in [0.3, 0.4) is 0 Å². The molecule has 2 heterocycles. The number of carbonyl (C=O) groups excluding carboxylic acids is 1. The molecule has 1 N–H and O–H groups in total. The van der Waals surface area contributed by atoms with Gasteiger partial charge in [0.2, 0.25) is 0 Å². The molecule has 0 amide bonds. The molecule has 0 unspecified atom stereocenters. The van der Waals surface area contributed by atoms with Crippen LogP contribution in [0.2, 0.25) is 0 Å². The minimum Gasteiger partial charge on any atom is -0.350 e. The van der Waals surface area contributed by atoms with Crippen molar-refractivity contribution in [2.45, 2.75) is 20.8 Å². The van der Waals surface area contributed by atoms with Crippen LogP contribution in [0.15, 0.2) is 30.3 Å². The summed E-state index contributed by atoms with van der Waals surface area (Å²) in [4.78, 5) is 15.6. The molecular formula is C15H15N3O. The van der Waals surface area contributed by atoms with E-state index in [-0.39, 0.29) is 5.91 Å². The van der Waals surface area contributed by atoms with Crippen molar-refractivity contribution in [3.05, 3.63) is 53.0 Å². The van der Waals surface area contributed by atoms with Crippen molar-refractivity contribution < 1.29 is 4.79 Å². The monoisotopic (exact) mass is 253 g/mol. The van der Waals surface area contributed by atoms with Gasteiger partial charge in [-0.2, -0.15) is 9.78 Å². The van der Waals surface area contributed by atoms with Crippen molar-refractivity contribution >= 4 is 16.8 Å². The molecule has 3 aromatic rings. The number of hydrogen-bond acceptors (Lipinski definition) is 2. The molecule has 0 radical (unpaired) electrons. The third kappa shape index (κ3) is 1.95. The molecule has 1 aromatic carbocycles. The molecule has 0 spiro atoms. The fraction of sp³-hybridized carbons (Fsp3) is 0.200. The number of H-pyrrole nitrogens is 1. The van der Waals surface area contributed by atoms with Crippen molar-refractivity contribution in [3.63, 3.8) is 0 Å². The van der Waals surface area contributed by atoms with Crippen molar-refractivity contribution in [1.29, 1.82) is 0 Å². The molecule has 0 bridgehead atoms. The van der Waals surface area contributed by atoms with Gasteiger partial charge in [-0.25, -0.2) is 0 Å². The third-order valence-electron chi connectivity index (χ3n) is 3.21. The maximum atomic E-state index is 12.4. The average Bonchev–Trinajstić information content (AvgIpc) is 2.91. The number of nitrogens with zero attached hydrogens (tertiary/aromatic N) is 2. The molecule has 4 heteroatoms. The summed E-state index contributed by atoms with van der Waals surface area (Å²) < 4.78 is 1.44. The molecule has 0 atom stereocenters. The highest BCUT2D eigenvalue weighted by Gasteiger charge is 2.15. The van der Waals surface area contributed by atoms with Gasteiger partial charge in [0.1, 0.15) is 5.69 Å². The summed E-state index contributed by atoms with van der Waals surface area (Å²) in [5.74, 6) is -0.126. The first-order valence-electron chi connectivity index (χ1n) is 6.22. The summed E-state index contributed by atoms with van der Waals surface area (Å²) in [5, 5.41) is 5.27. The zero-order valence-corrected chi connectivity index (χ0v) is 11.2. The van der Waals surface area contributed by atoms with Crippen LogP contribution >= 0.6 is 0 Å². The van der Waals surface area contributed by atoms with Crippen molar-refractivity contribution in [2.75, 3.05) is 0 Å². The predicted molar refractivity (Wildman–Crippen MR) is 74.5 cm³/mol. The Balaban J connectivity index is 2.09. The summed E-state index contributed by atoms with van der Waals surface area (Å²) in [7, 11) is 0. The number of hydrogen-bond donors (Lipinski definition) is 1. The molecule has 3 rings (SSSR count). The van der Waals surface area contributed by atoms with E-state index in [9.17, 15) is 4.79 Å². The number of fused-ring (bicyclic) bond motifs is 1. The second-order valence-corrected chi connectivity index (χ2v) is 4.92. The van der Waals surface area contributed by atoms with Gasteiger partial charge >= 0.3 is 0 Å². The minimum atomic E-state index is -0.126. The van der Waals surface area contributed by atoms with Crippen LogP contribution in [0.5, 0.6) is 0 Å². The first-order valence-corrected chi connectivity index (χ1v) is 6.22. The van der Waals surface area contributed by atoms with Gasteiger partial charge < -0.3 is 4.98 Å². The SMILES string of the molecule is Cc1ccc2[nH]c(C(=O)n3nc(C)cc3C)cc2c1. The summed E-state index contributed by atoms with van der Waals surface area (Å²) in [6.45, 7) is 5.80. The normalized spacial score (nSPS) is 11.1. The second-order valence-electron chi connectivity index (χ2n) is 4.92. The lowest BCUT2D eigenvalue weighted by molar-refractivity contribution is 0.0938. The topological polar surface area (TPSA) is 50.7 Å². The lowest BCUT2D eigenvalue weighted by atomic mass is 10.2. The van der Waals surface area contributed by atoms with Crippen molar-refractivity contribution in [2.24, 2.45) is 0 Å². The maximum Gasteiger partial charge on any atom is 0.294 e. The number of aromatic nitrogens is 3. The summed E-state index contributed by atoms with van der Waals surface area (Å²) >= 11 is 0. The van der Waals surface area contributed by atoms with Gasteiger partial charge in [0.25, 0.3) is 5.91 Å². The zero-order valence-electron chi connectivity index (χ0n) is 11.2. The van der Waals surface area contributed by atoms with E-state index in [0.29, 0.717) is 5.69 Å². The molecule has 0 saturated carbocycles. The van der Waals surface area contributed by atoms with Gasteiger partial charge in [-0.3, -0.25) is 4.79 Å². The Morgan fingerprint density at radius 3 is 2.63 bits per heavy atom. The third-order valence-corrected chi connectivity index (χ3v) is 3.21. The predicted octanol–water partition coefficient (Wildman–Crippen LogP) is 2.98. The van der Waals surface area contributed by atoms with Gasteiger partial charge in [0, 0.05) is 16.6 Å². The van der Waals surface area contributed by atoms with E-state index in [2.05, 4.69) is 16.1 Å². The van der Waals surface area contributed by atoms with E-state index in [1.54, 1.807) is 0 Å². The lowest BCUT2D eigenvalue weighted by Gasteiger charge is -1.99. The Labute approximate surface area is 111 Å². The average molecular weight is 253 g/mol. The summed E-state index contributed by atoms with van der Waals surface area (Å²) in [6.07, 6.45) is 0. The van der Waals surface area contributed by atoms with Crippen LogP contribution in [-0.2, 0) is 0 Å². The first kappa shape index (κ1) is 11.7. The van der Waals surface area contributed by atoms with Gasteiger partial charge in [-0.15, -0.1) is 0 Å². The Morgan fingerprint density at radius 1 is 1.16 bits per heavy atom. The molecule has 2 aromatic heterocycles. The summed E-state index contributed by atoms with van der Waals surface area (Å²) in [6, 6.07) is 9.84. The molecule has 19 heavy (non-hydrogen) atoms. The Morgan fingerprint density at radius 2 is 1.95 bits per heavy atom. The highest BCUT2D eigenvalue weighted by Crippen LogP contribution is 2.18. The fourth-order valence-electron chi connectivity index (χ4n) is 2.32. The van der Waals surface area contributed by atoms with Crippen LogP contribution in [0, 0.1) is 20.8 Å². The molecular weight excluding hydrogens is 238 g/mol. The number of aryl methyl sites for hydroxylation is 3. The molecule has 0 aliphatic carbocycles. The molecule has 0 fully saturated rings. The largest absolute Gasteiger partial charge is 0.350 e. The fourth-order valence-corrected chi connectivity index (χ4v) is 2.32. The number of aromatic amines is 1. The highest BCUT2D eigenvalue weighted by atomic mass is 16.2. The van der Waals surface area contributed by atoms with Gasteiger partial charge in [-0.05, 0) is 45.0 Å². The van der Waals surface area contributed by atoms with E-state index in [1.807, 2.05) is 45.0 Å². The van der Waals surface area contributed by atoms with Crippen LogP contribution < -0.4 is 0 Å². The lowest BCUT2D eigenvalue weighted by Crippen LogP contribution is -2.15. The van der Waals surface area contributed by atoms with E-state index in [4.69, 9.17) is 0 Å². The van der Waals surface area contributed by atoms with Crippen LogP contribution in [0.4, 0.5) is 0 Å². The van der Waals surface area contributed by atoms with Crippen molar-refractivity contribution in [1.82, 2.24) is 14.8 Å².